The predicted octanol–water partition coefficient (Wildman–Crippen LogP) is 3.84. The Balaban J connectivity index is 2.82. The van der Waals surface area contributed by atoms with Gasteiger partial charge in [0, 0.05) is 0 Å². The second kappa shape index (κ2) is 6.55. The summed E-state index contributed by atoms with van der Waals surface area (Å²) in [5.74, 6) is -2.37. The topological polar surface area (TPSA) is 74.6 Å². The number of carboxylic acids is 2. The number of hydrogen-bond acceptors (Lipinski definition) is 2. The van der Waals surface area contributed by atoms with Gasteiger partial charge in [0.2, 0.25) is 0 Å². The third-order valence-electron chi connectivity index (χ3n) is 3.22. The van der Waals surface area contributed by atoms with Gasteiger partial charge in [0.25, 0.3) is 0 Å². The summed E-state index contributed by atoms with van der Waals surface area (Å²) >= 11 is 0. The molecule has 4 nitrogen and oxygen atoms in total. The number of unbranched alkanes of at least 4 members (excludes halogenated alkanes) is 1. The van der Waals surface area contributed by atoms with Gasteiger partial charge in [0.05, 0.1) is 11.1 Å². The maximum atomic E-state index is 11.3. The Bertz CT molecular complexity index is 498. The normalized spacial score (nSPS) is 11.3. The number of rotatable bonds is 6. The summed E-state index contributed by atoms with van der Waals surface area (Å²) in [7, 11) is 0. The van der Waals surface area contributed by atoms with Crippen LogP contribution in [-0.4, -0.2) is 22.2 Å². The van der Waals surface area contributed by atoms with E-state index >= 15 is 0 Å². The molecule has 0 aliphatic carbocycles. The molecule has 1 rings (SSSR count). The van der Waals surface area contributed by atoms with E-state index in [1.54, 1.807) is 12.1 Å². The molecular weight excluding hydrogens is 256 g/mol. The van der Waals surface area contributed by atoms with E-state index in [-0.39, 0.29) is 16.5 Å². The van der Waals surface area contributed by atoms with Crippen molar-refractivity contribution in [3.05, 3.63) is 34.9 Å². The first-order valence-corrected chi connectivity index (χ1v) is 6.81. The summed E-state index contributed by atoms with van der Waals surface area (Å²) in [6.07, 6.45) is 3.52. The maximum Gasteiger partial charge on any atom is 0.336 e. The van der Waals surface area contributed by atoms with Gasteiger partial charge in [0.15, 0.2) is 0 Å². The second-order valence-electron chi connectivity index (χ2n) is 6.22. The van der Waals surface area contributed by atoms with Crippen LogP contribution < -0.4 is 0 Å². The van der Waals surface area contributed by atoms with E-state index in [2.05, 4.69) is 20.8 Å². The molecule has 110 valence electrons. The van der Waals surface area contributed by atoms with Crippen LogP contribution in [0, 0.1) is 5.41 Å². The van der Waals surface area contributed by atoms with Crippen LogP contribution in [0.15, 0.2) is 18.2 Å². The minimum atomic E-state index is -1.20. The largest absolute Gasteiger partial charge is 0.478 e. The molecule has 0 fully saturated rings. The molecule has 0 aliphatic heterocycles. The molecule has 1 aromatic rings. The fraction of sp³-hybridized carbons (Fsp3) is 0.500. The summed E-state index contributed by atoms with van der Waals surface area (Å²) in [6.45, 7) is 6.50. The molecule has 0 saturated heterocycles. The molecule has 0 atom stereocenters. The van der Waals surface area contributed by atoms with E-state index < -0.39 is 11.9 Å². The first-order valence-electron chi connectivity index (χ1n) is 6.81. The smallest absolute Gasteiger partial charge is 0.336 e. The number of carbonyl (C=O) groups is 2. The monoisotopic (exact) mass is 278 g/mol. The van der Waals surface area contributed by atoms with Gasteiger partial charge in [-0.25, -0.2) is 9.59 Å². The van der Waals surface area contributed by atoms with Crippen LogP contribution in [0.3, 0.4) is 0 Å². The van der Waals surface area contributed by atoms with Crippen molar-refractivity contribution in [2.75, 3.05) is 0 Å². The molecular formula is C16H22O4. The van der Waals surface area contributed by atoms with Crippen LogP contribution in [0.2, 0.25) is 0 Å². The maximum absolute atomic E-state index is 11.3. The number of aryl methyl sites for hydroxylation is 1. The first-order chi connectivity index (χ1) is 9.22. The van der Waals surface area contributed by atoms with E-state index in [1.807, 2.05) is 0 Å². The quantitative estimate of drug-likeness (QED) is 0.775. The van der Waals surface area contributed by atoms with Crippen molar-refractivity contribution >= 4 is 11.9 Å². The zero-order valence-corrected chi connectivity index (χ0v) is 12.3. The van der Waals surface area contributed by atoms with Gasteiger partial charge in [-0.05, 0) is 36.3 Å². The SMILES string of the molecule is CC(C)(C)CCCCc1cccc(C(=O)O)c1C(=O)O. The molecule has 0 saturated carbocycles. The average molecular weight is 278 g/mol. The lowest BCUT2D eigenvalue weighted by atomic mass is 9.88. The number of benzene rings is 1. The van der Waals surface area contributed by atoms with Crippen LogP contribution >= 0.6 is 0 Å². The van der Waals surface area contributed by atoms with Crippen molar-refractivity contribution in [1.29, 1.82) is 0 Å². The Morgan fingerprint density at radius 1 is 1.05 bits per heavy atom. The highest BCUT2D eigenvalue weighted by Gasteiger charge is 2.19. The zero-order chi connectivity index (χ0) is 15.3. The van der Waals surface area contributed by atoms with Crippen molar-refractivity contribution < 1.29 is 19.8 Å². The molecule has 20 heavy (non-hydrogen) atoms. The molecule has 0 unspecified atom stereocenters. The molecule has 0 radical (unpaired) electrons. The van der Waals surface area contributed by atoms with E-state index in [0.717, 1.165) is 19.3 Å². The van der Waals surface area contributed by atoms with E-state index in [0.29, 0.717) is 12.0 Å². The Kier molecular flexibility index (Phi) is 5.31. The van der Waals surface area contributed by atoms with Gasteiger partial charge in [-0.2, -0.15) is 0 Å². The minimum Gasteiger partial charge on any atom is -0.478 e. The van der Waals surface area contributed by atoms with Crippen molar-refractivity contribution in [1.82, 2.24) is 0 Å². The highest BCUT2D eigenvalue weighted by molar-refractivity contribution is 6.02. The number of hydrogen-bond donors (Lipinski definition) is 2. The van der Waals surface area contributed by atoms with Gasteiger partial charge in [-0.15, -0.1) is 0 Å². The van der Waals surface area contributed by atoms with Crippen molar-refractivity contribution in [2.24, 2.45) is 5.41 Å². The summed E-state index contributed by atoms with van der Waals surface area (Å²) in [6, 6.07) is 4.65. The highest BCUT2D eigenvalue weighted by Crippen LogP contribution is 2.23. The van der Waals surface area contributed by atoms with Crippen molar-refractivity contribution in [2.45, 2.75) is 46.5 Å². The second-order valence-corrected chi connectivity index (χ2v) is 6.22. The van der Waals surface area contributed by atoms with Gasteiger partial charge in [-0.1, -0.05) is 39.3 Å². The van der Waals surface area contributed by atoms with Crippen molar-refractivity contribution in [3.8, 4) is 0 Å². The average Bonchev–Trinajstić information content (AvgIpc) is 2.32. The third-order valence-corrected chi connectivity index (χ3v) is 3.22. The first kappa shape index (κ1) is 16.2. The van der Waals surface area contributed by atoms with E-state index in [4.69, 9.17) is 5.11 Å². The van der Waals surface area contributed by atoms with Crippen LogP contribution in [-0.2, 0) is 6.42 Å². The fourth-order valence-electron chi connectivity index (χ4n) is 2.21. The Labute approximate surface area is 119 Å². The Morgan fingerprint density at radius 2 is 1.70 bits per heavy atom. The third kappa shape index (κ3) is 4.68. The van der Waals surface area contributed by atoms with E-state index in [9.17, 15) is 14.7 Å². The lowest BCUT2D eigenvalue weighted by Crippen LogP contribution is -2.11. The van der Waals surface area contributed by atoms with Crippen LogP contribution in [0.1, 0.15) is 66.3 Å². The molecule has 0 amide bonds. The lowest BCUT2D eigenvalue weighted by Gasteiger charge is -2.17. The summed E-state index contributed by atoms with van der Waals surface area (Å²) in [4.78, 5) is 22.4. The van der Waals surface area contributed by atoms with Gasteiger partial charge in [-0.3, -0.25) is 0 Å². The molecule has 0 aromatic heterocycles. The van der Waals surface area contributed by atoms with Crippen LogP contribution in [0.25, 0.3) is 0 Å². The zero-order valence-electron chi connectivity index (χ0n) is 12.3. The summed E-state index contributed by atoms with van der Waals surface area (Å²) in [5, 5.41) is 18.3. The Morgan fingerprint density at radius 3 is 2.20 bits per heavy atom. The molecule has 0 aliphatic rings. The number of aromatic carboxylic acids is 2. The minimum absolute atomic E-state index is 0.0734. The van der Waals surface area contributed by atoms with Crippen molar-refractivity contribution in [3.63, 3.8) is 0 Å². The molecule has 0 spiro atoms. The predicted molar refractivity (Wildman–Crippen MR) is 77.4 cm³/mol. The molecule has 4 heteroatoms. The van der Waals surface area contributed by atoms with Gasteiger partial charge < -0.3 is 10.2 Å². The highest BCUT2D eigenvalue weighted by atomic mass is 16.4. The van der Waals surface area contributed by atoms with Gasteiger partial charge in [0.1, 0.15) is 0 Å². The molecule has 1 aromatic carbocycles. The molecule has 0 heterocycles. The van der Waals surface area contributed by atoms with Crippen LogP contribution in [0.4, 0.5) is 0 Å². The van der Waals surface area contributed by atoms with Gasteiger partial charge >= 0.3 is 11.9 Å². The lowest BCUT2D eigenvalue weighted by molar-refractivity contribution is 0.0650. The molecule has 0 bridgehead atoms. The molecule has 2 N–H and O–H groups in total. The van der Waals surface area contributed by atoms with E-state index in [1.165, 1.54) is 6.07 Å². The standard InChI is InChI=1S/C16H22O4/c1-16(2,3)10-5-4-7-11-8-6-9-12(14(17)18)13(11)15(19)20/h6,8-9H,4-5,7,10H2,1-3H3,(H,17,18)(H,19,20). The van der Waals surface area contributed by atoms with Crippen LogP contribution in [0.5, 0.6) is 0 Å². The summed E-state index contributed by atoms with van der Waals surface area (Å²) in [5.41, 5.74) is 0.659. The summed E-state index contributed by atoms with van der Waals surface area (Å²) < 4.78 is 0. The Hall–Kier alpha value is -1.84. The number of carboxylic acid groups (broad SMARTS) is 2. The fourth-order valence-corrected chi connectivity index (χ4v) is 2.21.